The third-order valence-electron chi connectivity index (χ3n) is 6.16. The van der Waals surface area contributed by atoms with Gasteiger partial charge in [0, 0.05) is 51.5 Å². The summed E-state index contributed by atoms with van der Waals surface area (Å²) in [5.41, 5.74) is 5.46. The number of esters is 1. The molecule has 0 fully saturated rings. The SMILES string of the molecule is CCOC(=O)CCC(=NO)c1ccc2c(c1)c1cc(C(=O)c3ccccc3C)ccc1n2CC. The number of carbonyl (C=O) groups excluding carboxylic acids is 2. The van der Waals surface area contributed by atoms with Gasteiger partial charge < -0.3 is 14.5 Å². The van der Waals surface area contributed by atoms with E-state index in [1.54, 1.807) is 6.92 Å². The zero-order valence-electron chi connectivity index (χ0n) is 19.7. The zero-order valence-corrected chi connectivity index (χ0v) is 19.7. The summed E-state index contributed by atoms with van der Waals surface area (Å²) >= 11 is 0. The van der Waals surface area contributed by atoms with E-state index in [1.165, 1.54) is 0 Å². The molecule has 0 unspecified atom stereocenters. The molecule has 1 N–H and O–H groups in total. The van der Waals surface area contributed by atoms with E-state index in [0.29, 0.717) is 23.4 Å². The first-order chi connectivity index (χ1) is 16.5. The van der Waals surface area contributed by atoms with Crippen LogP contribution in [0.25, 0.3) is 21.8 Å². The van der Waals surface area contributed by atoms with Gasteiger partial charge in [-0.1, -0.05) is 35.5 Å². The quantitative estimate of drug-likeness (QED) is 0.118. The molecule has 0 saturated carbocycles. The Morgan fingerprint density at radius 3 is 2.18 bits per heavy atom. The molecule has 34 heavy (non-hydrogen) atoms. The molecule has 0 atom stereocenters. The number of hydrogen-bond donors (Lipinski definition) is 1. The van der Waals surface area contributed by atoms with E-state index < -0.39 is 0 Å². The van der Waals surface area contributed by atoms with Gasteiger partial charge >= 0.3 is 5.97 Å². The van der Waals surface area contributed by atoms with Crippen molar-refractivity contribution in [1.82, 2.24) is 4.57 Å². The van der Waals surface area contributed by atoms with Crippen LogP contribution in [0.3, 0.4) is 0 Å². The van der Waals surface area contributed by atoms with Crippen molar-refractivity contribution in [1.29, 1.82) is 0 Å². The second-order valence-electron chi connectivity index (χ2n) is 8.20. The topological polar surface area (TPSA) is 80.9 Å². The predicted molar refractivity (Wildman–Crippen MR) is 134 cm³/mol. The highest BCUT2D eigenvalue weighted by atomic mass is 16.5. The summed E-state index contributed by atoms with van der Waals surface area (Å²) in [6.07, 6.45) is 0.404. The van der Waals surface area contributed by atoms with Gasteiger partial charge in [-0.2, -0.15) is 0 Å². The average molecular weight is 457 g/mol. The van der Waals surface area contributed by atoms with Crippen LogP contribution in [0.4, 0.5) is 0 Å². The summed E-state index contributed by atoms with van der Waals surface area (Å²) in [6, 6.07) is 19.3. The Labute approximate surface area is 198 Å². The highest BCUT2D eigenvalue weighted by Crippen LogP contribution is 2.32. The van der Waals surface area contributed by atoms with Crippen molar-refractivity contribution < 1.29 is 19.5 Å². The van der Waals surface area contributed by atoms with Gasteiger partial charge in [0.25, 0.3) is 0 Å². The maximum Gasteiger partial charge on any atom is 0.306 e. The molecule has 1 aromatic heterocycles. The molecule has 0 aliphatic carbocycles. The van der Waals surface area contributed by atoms with Crippen LogP contribution in [0, 0.1) is 6.92 Å². The minimum atomic E-state index is -0.327. The van der Waals surface area contributed by atoms with Crippen LogP contribution in [0.15, 0.2) is 65.8 Å². The number of fused-ring (bicyclic) bond motifs is 3. The van der Waals surface area contributed by atoms with E-state index in [4.69, 9.17) is 4.74 Å². The summed E-state index contributed by atoms with van der Waals surface area (Å²) in [5.74, 6) is -0.340. The Hall–Kier alpha value is -3.93. The third kappa shape index (κ3) is 4.31. The molecular formula is C28H28N2O4. The number of aromatic nitrogens is 1. The van der Waals surface area contributed by atoms with Gasteiger partial charge in [-0.15, -0.1) is 0 Å². The molecule has 0 aliphatic heterocycles. The molecule has 0 radical (unpaired) electrons. The van der Waals surface area contributed by atoms with Crippen molar-refractivity contribution in [2.75, 3.05) is 6.61 Å². The Balaban J connectivity index is 1.79. The number of ketones is 1. The van der Waals surface area contributed by atoms with Crippen molar-refractivity contribution in [3.05, 3.63) is 82.9 Å². The van der Waals surface area contributed by atoms with Crippen LogP contribution in [0.1, 0.15) is 53.7 Å². The lowest BCUT2D eigenvalue weighted by Gasteiger charge is -2.06. The summed E-state index contributed by atoms with van der Waals surface area (Å²) in [7, 11) is 0. The standard InChI is InChI=1S/C28H28N2O4/c1-4-30-25-13-10-19(24(29-33)12-15-27(31)34-5-2)16-22(25)23-17-20(11-14-26(23)30)28(32)21-9-7-6-8-18(21)3/h6-11,13-14,16-17,33H,4-5,12,15H2,1-3H3. The molecule has 6 nitrogen and oxygen atoms in total. The summed E-state index contributed by atoms with van der Waals surface area (Å²) in [6.45, 7) is 6.87. The first kappa shape index (κ1) is 23.2. The molecule has 3 aromatic carbocycles. The fourth-order valence-corrected chi connectivity index (χ4v) is 4.45. The first-order valence-corrected chi connectivity index (χ1v) is 11.5. The van der Waals surface area contributed by atoms with Crippen molar-refractivity contribution in [3.63, 3.8) is 0 Å². The number of hydrogen-bond acceptors (Lipinski definition) is 5. The van der Waals surface area contributed by atoms with Gasteiger partial charge in [0.1, 0.15) is 0 Å². The summed E-state index contributed by atoms with van der Waals surface area (Å²) < 4.78 is 7.19. The molecule has 0 saturated heterocycles. The monoisotopic (exact) mass is 456 g/mol. The molecular weight excluding hydrogens is 428 g/mol. The molecule has 0 spiro atoms. The van der Waals surface area contributed by atoms with Crippen molar-refractivity contribution >= 4 is 39.3 Å². The average Bonchev–Trinajstić information content (AvgIpc) is 3.16. The number of aryl methyl sites for hydroxylation is 2. The Kier molecular flexibility index (Phi) is 6.77. The maximum absolute atomic E-state index is 13.2. The Morgan fingerprint density at radius 2 is 1.56 bits per heavy atom. The number of ether oxygens (including phenoxy) is 1. The van der Waals surface area contributed by atoms with E-state index in [1.807, 2.05) is 67.6 Å². The van der Waals surface area contributed by atoms with Crippen LogP contribution >= 0.6 is 0 Å². The van der Waals surface area contributed by atoms with Gasteiger partial charge in [-0.3, -0.25) is 9.59 Å². The van der Waals surface area contributed by atoms with Gasteiger partial charge in [0.05, 0.1) is 18.7 Å². The van der Waals surface area contributed by atoms with Gasteiger partial charge in [-0.25, -0.2) is 0 Å². The Morgan fingerprint density at radius 1 is 0.912 bits per heavy atom. The maximum atomic E-state index is 13.2. The van der Waals surface area contributed by atoms with Crippen LogP contribution in [0.5, 0.6) is 0 Å². The summed E-state index contributed by atoms with van der Waals surface area (Å²) in [4.78, 5) is 25.0. The smallest absolute Gasteiger partial charge is 0.306 e. The van der Waals surface area contributed by atoms with E-state index in [0.717, 1.165) is 39.5 Å². The molecule has 0 aliphatic rings. The lowest BCUT2D eigenvalue weighted by Crippen LogP contribution is -2.09. The van der Waals surface area contributed by atoms with Crippen LogP contribution in [0.2, 0.25) is 0 Å². The van der Waals surface area contributed by atoms with Crippen molar-refractivity contribution in [3.8, 4) is 0 Å². The second-order valence-corrected chi connectivity index (χ2v) is 8.20. The molecule has 0 bridgehead atoms. The number of oxime groups is 1. The summed E-state index contributed by atoms with van der Waals surface area (Å²) in [5, 5.41) is 15.0. The number of carbonyl (C=O) groups is 2. The van der Waals surface area contributed by atoms with E-state index in [2.05, 4.69) is 16.6 Å². The fourth-order valence-electron chi connectivity index (χ4n) is 4.45. The van der Waals surface area contributed by atoms with E-state index >= 15 is 0 Å². The minimum absolute atomic E-state index is 0.0133. The largest absolute Gasteiger partial charge is 0.466 e. The highest BCUT2D eigenvalue weighted by Gasteiger charge is 2.17. The normalized spacial score (nSPS) is 11.8. The molecule has 1 heterocycles. The lowest BCUT2D eigenvalue weighted by molar-refractivity contribution is -0.142. The molecule has 4 aromatic rings. The van der Waals surface area contributed by atoms with Crippen LogP contribution in [-0.4, -0.2) is 33.8 Å². The first-order valence-electron chi connectivity index (χ1n) is 11.5. The minimum Gasteiger partial charge on any atom is -0.466 e. The third-order valence-corrected chi connectivity index (χ3v) is 6.16. The number of nitrogens with zero attached hydrogens (tertiary/aromatic N) is 2. The fraction of sp³-hybridized carbons (Fsp3) is 0.250. The zero-order chi connectivity index (χ0) is 24.2. The van der Waals surface area contributed by atoms with Gasteiger partial charge in [-0.05, 0) is 56.7 Å². The van der Waals surface area contributed by atoms with Gasteiger partial charge in [0.2, 0.25) is 0 Å². The van der Waals surface area contributed by atoms with Crippen LogP contribution in [-0.2, 0) is 16.1 Å². The molecule has 4 rings (SSSR count). The Bertz CT molecular complexity index is 1410. The molecule has 174 valence electrons. The highest BCUT2D eigenvalue weighted by molar-refractivity contribution is 6.16. The van der Waals surface area contributed by atoms with Crippen molar-refractivity contribution in [2.45, 2.75) is 40.2 Å². The molecule has 0 amide bonds. The van der Waals surface area contributed by atoms with Crippen molar-refractivity contribution in [2.24, 2.45) is 5.16 Å². The lowest BCUT2D eigenvalue weighted by atomic mass is 9.97. The number of rotatable bonds is 8. The molecule has 6 heteroatoms. The predicted octanol–water partition coefficient (Wildman–Crippen LogP) is 5.88. The van der Waals surface area contributed by atoms with E-state index in [-0.39, 0.29) is 24.6 Å². The van der Waals surface area contributed by atoms with Gasteiger partial charge in [0.15, 0.2) is 5.78 Å². The van der Waals surface area contributed by atoms with E-state index in [9.17, 15) is 14.8 Å². The number of benzene rings is 3. The second kappa shape index (κ2) is 9.91. The van der Waals surface area contributed by atoms with Crippen LogP contribution < -0.4 is 0 Å².